The molecule has 0 aromatic heterocycles. The summed E-state index contributed by atoms with van der Waals surface area (Å²) in [6.45, 7) is 1.35. The summed E-state index contributed by atoms with van der Waals surface area (Å²) in [5, 5.41) is 14.2. The van der Waals surface area contributed by atoms with Crippen LogP contribution in [-0.2, 0) is 9.53 Å². The number of benzene rings is 1. The Balaban J connectivity index is 1.84. The van der Waals surface area contributed by atoms with Crippen LogP contribution in [0.15, 0.2) is 30.3 Å². The Morgan fingerprint density at radius 2 is 1.86 bits per heavy atom. The molecule has 1 aliphatic rings. The van der Waals surface area contributed by atoms with E-state index in [0.29, 0.717) is 18.9 Å². The Bertz CT molecular complexity index is 519. The van der Waals surface area contributed by atoms with Crippen LogP contribution in [0.2, 0.25) is 0 Å². The van der Waals surface area contributed by atoms with Gasteiger partial charge in [0.2, 0.25) is 0 Å². The van der Waals surface area contributed by atoms with Crippen LogP contribution < -0.4 is 10.6 Å². The molecule has 1 aromatic carbocycles. The number of hydrogen-bond donors (Lipinski definition) is 3. The van der Waals surface area contributed by atoms with Crippen LogP contribution in [0.5, 0.6) is 0 Å². The van der Waals surface area contributed by atoms with Gasteiger partial charge in [0.25, 0.3) is 0 Å². The maximum atomic E-state index is 11.8. The summed E-state index contributed by atoms with van der Waals surface area (Å²) < 4.78 is 5.23. The molecule has 112 valence electrons. The smallest absolute Gasteiger partial charge is 0.328 e. The fourth-order valence-electron chi connectivity index (χ4n) is 2.04. The highest BCUT2D eigenvalue weighted by Gasteiger charge is 2.15. The van der Waals surface area contributed by atoms with Crippen molar-refractivity contribution in [2.45, 2.75) is 18.9 Å². The molecular weight excluding hydrogens is 272 g/mol. The van der Waals surface area contributed by atoms with Gasteiger partial charge in [0.05, 0.1) is 0 Å². The second-order valence-electron chi connectivity index (χ2n) is 4.78. The van der Waals surface area contributed by atoms with Gasteiger partial charge in [-0.2, -0.15) is 0 Å². The van der Waals surface area contributed by atoms with Crippen LogP contribution in [0.1, 0.15) is 18.4 Å². The number of urea groups is 1. The number of rotatable bonds is 4. The largest absolute Gasteiger partial charge is 0.478 e. The van der Waals surface area contributed by atoms with Crippen molar-refractivity contribution in [3.8, 4) is 0 Å². The SMILES string of the molecule is O=C(O)C=Cc1ccc(NC(=O)NC2CCOCC2)cc1. The minimum Gasteiger partial charge on any atom is -0.478 e. The van der Waals surface area contributed by atoms with Crippen molar-refractivity contribution in [1.29, 1.82) is 0 Å². The average Bonchev–Trinajstić information content (AvgIpc) is 2.47. The van der Waals surface area contributed by atoms with Gasteiger partial charge in [-0.05, 0) is 36.6 Å². The summed E-state index contributed by atoms with van der Waals surface area (Å²) in [5.74, 6) is -0.993. The van der Waals surface area contributed by atoms with Gasteiger partial charge >= 0.3 is 12.0 Å². The molecule has 2 rings (SSSR count). The minimum absolute atomic E-state index is 0.150. The highest BCUT2D eigenvalue weighted by molar-refractivity contribution is 5.90. The Kier molecular flexibility index (Phi) is 5.34. The predicted octanol–water partition coefficient (Wildman–Crippen LogP) is 2.08. The van der Waals surface area contributed by atoms with E-state index >= 15 is 0 Å². The molecular formula is C15H18N2O4. The third-order valence-electron chi connectivity index (χ3n) is 3.14. The lowest BCUT2D eigenvalue weighted by Gasteiger charge is -2.23. The summed E-state index contributed by atoms with van der Waals surface area (Å²) in [5.41, 5.74) is 1.42. The van der Waals surface area contributed by atoms with E-state index < -0.39 is 5.97 Å². The first-order chi connectivity index (χ1) is 10.1. The Morgan fingerprint density at radius 3 is 2.48 bits per heavy atom. The van der Waals surface area contributed by atoms with Crippen LogP contribution in [0, 0.1) is 0 Å². The van der Waals surface area contributed by atoms with Crippen molar-refractivity contribution in [1.82, 2.24) is 5.32 Å². The van der Waals surface area contributed by atoms with Crippen LogP contribution in [-0.4, -0.2) is 36.4 Å². The maximum Gasteiger partial charge on any atom is 0.328 e. The molecule has 1 aliphatic heterocycles. The lowest BCUT2D eigenvalue weighted by atomic mass is 10.1. The third-order valence-corrected chi connectivity index (χ3v) is 3.14. The number of carbonyl (C=O) groups is 2. The van der Waals surface area contributed by atoms with Gasteiger partial charge < -0.3 is 20.5 Å². The van der Waals surface area contributed by atoms with Crippen LogP contribution >= 0.6 is 0 Å². The number of carboxylic acids is 1. The number of carboxylic acid groups (broad SMARTS) is 1. The number of nitrogens with one attached hydrogen (secondary N) is 2. The predicted molar refractivity (Wildman–Crippen MR) is 79.1 cm³/mol. The summed E-state index contributed by atoms with van der Waals surface area (Å²) in [7, 11) is 0. The van der Waals surface area contributed by atoms with E-state index in [4.69, 9.17) is 9.84 Å². The van der Waals surface area contributed by atoms with E-state index in [9.17, 15) is 9.59 Å². The van der Waals surface area contributed by atoms with Crippen molar-refractivity contribution in [3.05, 3.63) is 35.9 Å². The topological polar surface area (TPSA) is 87.7 Å². The molecule has 21 heavy (non-hydrogen) atoms. The Hall–Kier alpha value is -2.34. The maximum absolute atomic E-state index is 11.8. The standard InChI is InChI=1S/C15H18N2O4/c18-14(19)6-3-11-1-4-12(5-2-11)16-15(20)17-13-7-9-21-10-8-13/h1-6,13H,7-10H2,(H,18,19)(H2,16,17,20). The zero-order valence-electron chi connectivity index (χ0n) is 11.5. The zero-order valence-corrected chi connectivity index (χ0v) is 11.5. The highest BCUT2D eigenvalue weighted by atomic mass is 16.5. The zero-order chi connectivity index (χ0) is 15.1. The first kappa shape index (κ1) is 15.1. The van der Waals surface area contributed by atoms with Gasteiger partial charge in [0, 0.05) is 31.0 Å². The quantitative estimate of drug-likeness (QED) is 0.741. The van der Waals surface area contributed by atoms with E-state index in [2.05, 4.69) is 10.6 Å². The fourth-order valence-corrected chi connectivity index (χ4v) is 2.04. The molecule has 6 nitrogen and oxygen atoms in total. The first-order valence-corrected chi connectivity index (χ1v) is 6.80. The molecule has 0 spiro atoms. The number of anilines is 1. The van der Waals surface area contributed by atoms with Crippen molar-refractivity contribution in [3.63, 3.8) is 0 Å². The van der Waals surface area contributed by atoms with Crippen molar-refractivity contribution >= 4 is 23.8 Å². The molecule has 0 saturated carbocycles. The van der Waals surface area contributed by atoms with Gasteiger partial charge in [-0.3, -0.25) is 0 Å². The second kappa shape index (κ2) is 7.44. The third kappa shape index (κ3) is 5.27. The van der Waals surface area contributed by atoms with Gasteiger partial charge in [0.1, 0.15) is 0 Å². The molecule has 0 unspecified atom stereocenters. The number of aliphatic carboxylic acids is 1. The average molecular weight is 290 g/mol. The van der Waals surface area contributed by atoms with Crippen molar-refractivity contribution in [2.75, 3.05) is 18.5 Å². The Morgan fingerprint density at radius 1 is 1.19 bits per heavy atom. The number of hydrogen-bond acceptors (Lipinski definition) is 3. The van der Waals surface area contributed by atoms with Crippen molar-refractivity contribution in [2.24, 2.45) is 0 Å². The minimum atomic E-state index is -0.993. The van der Waals surface area contributed by atoms with E-state index in [1.807, 2.05) is 0 Å². The normalized spacial score (nSPS) is 15.8. The van der Waals surface area contributed by atoms with Gasteiger partial charge in [-0.1, -0.05) is 12.1 Å². The van der Waals surface area contributed by atoms with E-state index in [0.717, 1.165) is 24.5 Å². The summed E-state index contributed by atoms with van der Waals surface area (Å²) in [6, 6.07) is 6.84. The molecule has 3 N–H and O–H groups in total. The van der Waals surface area contributed by atoms with Crippen LogP contribution in [0.4, 0.5) is 10.5 Å². The molecule has 1 heterocycles. The van der Waals surface area contributed by atoms with E-state index in [-0.39, 0.29) is 12.1 Å². The summed E-state index contributed by atoms with van der Waals surface area (Å²) in [6.07, 6.45) is 4.22. The molecule has 0 radical (unpaired) electrons. The number of carbonyl (C=O) groups excluding carboxylic acids is 1. The van der Waals surface area contributed by atoms with Crippen molar-refractivity contribution < 1.29 is 19.4 Å². The first-order valence-electron chi connectivity index (χ1n) is 6.80. The highest BCUT2D eigenvalue weighted by Crippen LogP contribution is 2.11. The van der Waals surface area contributed by atoms with Crippen LogP contribution in [0.3, 0.4) is 0 Å². The molecule has 0 aliphatic carbocycles. The van der Waals surface area contributed by atoms with Gasteiger partial charge in [-0.15, -0.1) is 0 Å². The molecule has 6 heteroatoms. The van der Waals surface area contributed by atoms with E-state index in [1.54, 1.807) is 24.3 Å². The lowest BCUT2D eigenvalue weighted by Crippen LogP contribution is -2.41. The number of ether oxygens (including phenoxy) is 1. The Labute approximate surface area is 122 Å². The fraction of sp³-hybridized carbons (Fsp3) is 0.333. The monoisotopic (exact) mass is 290 g/mol. The second-order valence-corrected chi connectivity index (χ2v) is 4.78. The van der Waals surface area contributed by atoms with Crippen LogP contribution in [0.25, 0.3) is 6.08 Å². The molecule has 1 aromatic rings. The molecule has 1 saturated heterocycles. The van der Waals surface area contributed by atoms with Gasteiger partial charge in [-0.25, -0.2) is 9.59 Å². The summed E-state index contributed by atoms with van der Waals surface area (Å²) in [4.78, 5) is 22.2. The van der Waals surface area contributed by atoms with Gasteiger partial charge in [0.15, 0.2) is 0 Å². The summed E-state index contributed by atoms with van der Waals surface area (Å²) >= 11 is 0. The molecule has 0 atom stereocenters. The molecule has 1 fully saturated rings. The number of amides is 2. The lowest BCUT2D eigenvalue weighted by molar-refractivity contribution is -0.131. The van der Waals surface area contributed by atoms with E-state index in [1.165, 1.54) is 6.08 Å². The molecule has 0 bridgehead atoms. The molecule has 2 amide bonds.